The van der Waals surface area contributed by atoms with Gasteiger partial charge in [-0.3, -0.25) is 0 Å². The van der Waals surface area contributed by atoms with Crippen LogP contribution in [-0.4, -0.2) is 21.0 Å². The number of aryl methyl sites for hydroxylation is 1. The zero-order chi connectivity index (χ0) is 16.1. The number of H-pyrrole nitrogens is 1. The largest absolute Gasteiger partial charge is 0.365 e. The molecule has 2 heterocycles. The number of fused-ring (bicyclic) bond motifs is 3. The van der Waals surface area contributed by atoms with Gasteiger partial charge in [-0.1, -0.05) is 42.0 Å². The van der Waals surface area contributed by atoms with Crippen LogP contribution in [0.4, 0.5) is 5.82 Å². The van der Waals surface area contributed by atoms with Crippen LogP contribution in [0, 0.1) is 6.92 Å². The van der Waals surface area contributed by atoms with Crippen LogP contribution in [0.3, 0.4) is 0 Å². The molecule has 0 amide bonds. The van der Waals surface area contributed by atoms with Gasteiger partial charge in [0, 0.05) is 22.9 Å². The van der Waals surface area contributed by atoms with Gasteiger partial charge in [-0.25, -0.2) is 9.97 Å². The maximum atomic E-state index is 4.49. The van der Waals surface area contributed by atoms with Gasteiger partial charge in [-0.15, -0.1) is 0 Å². The average molecular weight is 314 g/mol. The molecule has 4 aromatic rings. The Labute approximate surface area is 140 Å². The maximum Gasteiger partial charge on any atom is 0.154 e. The molecule has 2 aromatic carbocycles. The lowest BCUT2D eigenvalue weighted by molar-refractivity contribution is 1.03. The lowest BCUT2D eigenvalue weighted by Crippen LogP contribution is -2.06. The molecule has 1 saturated carbocycles. The van der Waals surface area contributed by atoms with Crippen molar-refractivity contribution >= 4 is 27.8 Å². The van der Waals surface area contributed by atoms with E-state index in [0.29, 0.717) is 12.0 Å². The first-order valence-electron chi connectivity index (χ1n) is 8.34. The van der Waals surface area contributed by atoms with E-state index in [-0.39, 0.29) is 0 Å². The van der Waals surface area contributed by atoms with Crippen molar-refractivity contribution in [3.8, 4) is 0 Å². The van der Waals surface area contributed by atoms with Gasteiger partial charge in [0.1, 0.15) is 17.4 Å². The van der Waals surface area contributed by atoms with E-state index in [0.717, 1.165) is 34.2 Å². The minimum absolute atomic E-state index is 0.443. The predicted octanol–water partition coefficient (Wildman–Crippen LogP) is 4.39. The third kappa shape index (κ3) is 2.14. The van der Waals surface area contributed by atoms with Crippen LogP contribution in [0.25, 0.3) is 21.9 Å². The Balaban J connectivity index is 1.51. The van der Waals surface area contributed by atoms with E-state index in [1.807, 2.05) is 0 Å². The molecular weight excluding hydrogens is 296 g/mol. The fourth-order valence-electron chi connectivity index (χ4n) is 3.51. The topological polar surface area (TPSA) is 53.6 Å². The summed E-state index contributed by atoms with van der Waals surface area (Å²) in [6.45, 7) is 2.10. The van der Waals surface area contributed by atoms with Crippen LogP contribution < -0.4 is 5.32 Å². The van der Waals surface area contributed by atoms with Crippen molar-refractivity contribution in [3.63, 3.8) is 0 Å². The van der Waals surface area contributed by atoms with E-state index in [1.54, 1.807) is 6.33 Å². The maximum absolute atomic E-state index is 4.49. The third-order valence-corrected chi connectivity index (χ3v) is 4.88. The molecule has 1 fully saturated rings. The number of benzene rings is 2. The summed E-state index contributed by atoms with van der Waals surface area (Å²) in [5, 5.41) is 4.76. The van der Waals surface area contributed by atoms with Crippen molar-refractivity contribution in [3.05, 3.63) is 66.0 Å². The number of nitrogens with one attached hydrogen (secondary N) is 2. The van der Waals surface area contributed by atoms with Gasteiger partial charge in [0.05, 0.1) is 0 Å². The van der Waals surface area contributed by atoms with E-state index in [2.05, 4.69) is 75.7 Å². The molecule has 24 heavy (non-hydrogen) atoms. The lowest BCUT2D eigenvalue weighted by Gasteiger charge is -2.06. The normalized spacial score (nSPS) is 19.7. The fraction of sp³-hybridized carbons (Fsp3) is 0.200. The predicted molar refractivity (Wildman–Crippen MR) is 97.3 cm³/mol. The summed E-state index contributed by atoms with van der Waals surface area (Å²) in [5.74, 6) is 1.47. The molecule has 0 spiro atoms. The Morgan fingerprint density at radius 3 is 2.83 bits per heavy atom. The van der Waals surface area contributed by atoms with Crippen LogP contribution in [0.15, 0.2) is 54.9 Å². The van der Waals surface area contributed by atoms with Gasteiger partial charge in [0.15, 0.2) is 5.82 Å². The number of rotatable bonds is 3. The van der Waals surface area contributed by atoms with Crippen molar-refractivity contribution < 1.29 is 0 Å². The Bertz CT molecular complexity index is 1040. The standard InChI is InChI=1S/C20H18N4/c1-12-7-8-16-15(9-12)18-19(23-16)20(22-11-21-18)24-17-10-14(17)13-5-3-2-4-6-13/h2-9,11,14,17,23H,10H2,1H3,(H,21,22,24). The highest BCUT2D eigenvalue weighted by Gasteiger charge is 2.38. The number of hydrogen-bond donors (Lipinski definition) is 2. The van der Waals surface area contributed by atoms with Crippen molar-refractivity contribution in [2.24, 2.45) is 0 Å². The van der Waals surface area contributed by atoms with E-state index >= 15 is 0 Å². The lowest BCUT2D eigenvalue weighted by atomic mass is 10.1. The van der Waals surface area contributed by atoms with Crippen LogP contribution in [0.1, 0.15) is 23.5 Å². The molecule has 2 unspecified atom stereocenters. The van der Waals surface area contributed by atoms with Gasteiger partial charge in [-0.2, -0.15) is 0 Å². The first-order valence-corrected chi connectivity index (χ1v) is 8.34. The van der Waals surface area contributed by atoms with Crippen LogP contribution in [0.2, 0.25) is 0 Å². The number of hydrogen-bond acceptors (Lipinski definition) is 3. The van der Waals surface area contributed by atoms with E-state index in [9.17, 15) is 0 Å². The molecule has 1 aliphatic rings. The molecule has 4 heteroatoms. The Hall–Kier alpha value is -2.88. The zero-order valence-corrected chi connectivity index (χ0v) is 13.5. The van der Waals surface area contributed by atoms with Gasteiger partial charge in [0.25, 0.3) is 0 Å². The molecule has 0 bridgehead atoms. The summed E-state index contributed by atoms with van der Waals surface area (Å²) >= 11 is 0. The summed E-state index contributed by atoms with van der Waals surface area (Å²) in [5.41, 5.74) is 5.73. The quantitative estimate of drug-likeness (QED) is 0.590. The second-order valence-corrected chi connectivity index (χ2v) is 6.62. The molecule has 118 valence electrons. The van der Waals surface area contributed by atoms with Gasteiger partial charge < -0.3 is 10.3 Å². The summed E-state index contributed by atoms with van der Waals surface area (Å²) in [6, 6.07) is 17.5. The second-order valence-electron chi connectivity index (χ2n) is 6.62. The molecule has 2 aromatic heterocycles. The minimum atomic E-state index is 0.443. The Morgan fingerprint density at radius 1 is 1.08 bits per heavy atom. The molecule has 5 rings (SSSR count). The molecule has 2 atom stereocenters. The molecule has 0 saturated heterocycles. The highest BCUT2D eigenvalue weighted by atomic mass is 15.1. The SMILES string of the molecule is Cc1ccc2[nH]c3c(NC4CC4c4ccccc4)ncnc3c2c1. The van der Waals surface area contributed by atoms with Crippen molar-refractivity contribution in [2.45, 2.75) is 25.3 Å². The number of nitrogens with zero attached hydrogens (tertiary/aromatic N) is 2. The Kier molecular flexibility index (Phi) is 2.86. The summed E-state index contributed by atoms with van der Waals surface area (Å²) in [7, 11) is 0. The van der Waals surface area contributed by atoms with Crippen molar-refractivity contribution in [1.82, 2.24) is 15.0 Å². The zero-order valence-electron chi connectivity index (χ0n) is 13.5. The highest BCUT2D eigenvalue weighted by Crippen LogP contribution is 2.43. The van der Waals surface area contributed by atoms with Gasteiger partial charge in [-0.05, 0) is 31.0 Å². The number of aromatic nitrogens is 3. The smallest absolute Gasteiger partial charge is 0.154 e. The fourth-order valence-corrected chi connectivity index (χ4v) is 3.51. The van der Waals surface area contributed by atoms with E-state index < -0.39 is 0 Å². The van der Waals surface area contributed by atoms with Crippen molar-refractivity contribution in [1.29, 1.82) is 0 Å². The summed E-state index contributed by atoms with van der Waals surface area (Å²) in [4.78, 5) is 12.4. The molecular formula is C20H18N4. The molecule has 0 aliphatic heterocycles. The first kappa shape index (κ1) is 13.5. The van der Waals surface area contributed by atoms with Gasteiger partial charge in [0.2, 0.25) is 0 Å². The van der Waals surface area contributed by atoms with E-state index in [4.69, 9.17) is 0 Å². The van der Waals surface area contributed by atoms with Crippen LogP contribution in [-0.2, 0) is 0 Å². The van der Waals surface area contributed by atoms with Crippen molar-refractivity contribution in [2.75, 3.05) is 5.32 Å². The first-order chi connectivity index (χ1) is 11.8. The van der Waals surface area contributed by atoms with Gasteiger partial charge >= 0.3 is 0 Å². The molecule has 0 radical (unpaired) electrons. The molecule has 2 N–H and O–H groups in total. The van der Waals surface area contributed by atoms with E-state index in [1.165, 1.54) is 11.1 Å². The minimum Gasteiger partial charge on any atom is -0.365 e. The molecule has 4 nitrogen and oxygen atoms in total. The number of anilines is 1. The average Bonchev–Trinajstić information content (AvgIpc) is 3.28. The summed E-state index contributed by atoms with van der Waals surface area (Å²) in [6.07, 6.45) is 2.80. The second kappa shape index (κ2) is 5.06. The van der Waals surface area contributed by atoms with Crippen LogP contribution in [0.5, 0.6) is 0 Å². The number of aromatic amines is 1. The Morgan fingerprint density at radius 2 is 1.96 bits per heavy atom. The third-order valence-electron chi connectivity index (χ3n) is 4.88. The highest BCUT2D eigenvalue weighted by molar-refractivity contribution is 6.08. The monoisotopic (exact) mass is 314 g/mol. The molecule has 1 aliphatic carbocycles. The van der Waals surface area contributed by atoms with Crippen LogP contribution >= 0.6 is 0 Å². The summed E-state index contributed by atoms with van der Waals surface area (Å²) < 4.78 is 0.